The lowest BCUT2D eigenvalue weighted by Gasteiger charge is -2.03. The number of rotatable bonds is 2. The minimum absolute atomic E-state index is 0.400. The Balaban J connectivity index is 2.17. The van der Waals surface area contributed by atoms with Crippen LogP contribution in [0.4, 0.5) is 5.82 Å². The first-order valence-electron chi connectivity index (χ1n) is 5.92. The van der Waals surface area contributed by atoms with Crippen molar-refractivity contribution in [2.75, 3.05) is 5.73 Å². The number of anilines is 1. The minimum Gasteiger partial charge on any atom is -0.380 e. The molecule has 0 bridgehead atoms. The van der Waals surface area contributed by atoms with Gasteiger partial charge >= 0.3 is 0 Å². The molecule has 5 heteroatoms. The first-order valence-corrected chi connectivity index (χ1v) is 7.79. The second-order valence-electron chi connectivity index (χ2n) is 4.29. The average Bonchev–Trinajstić information content (AvgIpc) is 2.81. The second kappa shape index (κ2) is 5.57. The van der Waals surface area contributed by atoms with Gasteiger partial charge in [0.1, 0.15) is 0 Å². The molecule has 3 aromatic rings. The highest BCUT2D eigenvalue weighted by Crippen LogP contribution is 2.37. The van der Waals surface area contributed by atoms with Gasteiger partial charge in [0.25, 0.3) is 0 Å². The van der Waals surface area contributed by atoms with Crippen LogP contribution in [0.3, 0.4) is 0 Å². The van der Waals surface area contributed by atoms with E-state index < -0.39 is 0 Å². The van der Waals surface area contributed by atoms with E-state index in [-0.39, 0.29) is 0 Å². The first kappa shape index (κ1) is 13.6. The van der Waals surface area contributed by atoms with Crippen LogP contribution in [-0.4, -0.2) is 5.16 Å². The highest BCUT2D eigenvalue weighted by Gasteiger charge is 2.17. The van der Waals surface area contributed by atoms with Crippen LogP contribution in [0.5, 0.6) is 0 Å². The molecule has 2 N–H and O–H groups in total. The zero-order chi connectivity index (χ0) is 14.1. The molecule has 100 valence electrons. The number of benzene rings is 2. The molecule has 0 aliphatic heterocycles. The van der Waals surface area contributed by atoms with Gasteiger partial charge in [0.15, 0.2) is 11.6 Å². The van der Waals surface area contributed by atoms with E-state index in [4.69, 9.17) is 10.3 Å². The second-order valence-corrected chi connectivity index (χ2v) is 6.45. The Bertz CT molecular complexity index is 753. The zero-order valence-corrected chi connectivity index (χ0v) is 14.1. The van der Waals surface area contributed by atoms with Gasteiger partial charge in [-0.3, -0.25) is 0 Å². The number of nitrogen functional groups attached to an aromatic ring is 1. The van der Waals surface area contributed by atoms with Crippen LogP contribution < -0.4 is 5.73 Å². The summed E-state index contributed by atoms with van der Waals surface area (Å²) in [5.74, 6) is 1.09. The number of aromatic nitrogens is 1. The normalized spacial score (nSPS) is 10.7. The third kappa shape index (κ3) is 2.60. The van der Waals surface area contributed by atoms with E-state index in [0.717, 1.165) is 21.2 Å². The molecule has 20 heavy (non-hydrogen) atoms. The van der Waals surface area contributed by atoms with Crippen LogP contribution in [0.15, 0.2) is 57.5 Å². The fourth-order valence-electron chi connectivity index (χ4n) is 2.02. The number of halogens is 2. The van der Waals surface area contributed by atoms with E-state index in [1.807, 2.05) is 48.5 Å². The van der Waals surface area contributed by atoms with Crippen molar-refractivity contribution in [3.8, 4) is 22.5 Å². The molecule has 0 radical (unpaired) electrons. The summed E-state index contributed by atoms with van der Waals surface area (Å²) in [5, 5.41) is 3.91. The third-order valence-electron chi connectivity index (χ3n) is 2.94. The van der Waals surface area contributed by atoms with Crippen LogP contribution >= 0.6 is 38.5 Å². The van der Waals surface area contributed by atoms with Gasteiger partial charge in [-0.2, -0.15) is 0 Å². The van der Waals surface area contributed by atoms with Crippen LogP contribution in [-0.2, 0) is 0 Å². The van der Waals surface area contributed by atoms with Crippen molar-refractivity contribution in [1.82, 2.24) is 5.16 Å². The minimum atomic E-state index is 0.400. The Morgan fingerprint density at radius 2 is 1.80 bits per heavy atom. The molecule has 0 fully saturated rings. The van der Waals surface area contributed by atoms with Crippen LogP contribution in [0.25, 0.3) is 22.5 Å². The average molecular weight is 441 g/mol. The largest absolute Gasteiger partial charge is 0.380 e. The molecule has 0 aliphatic rings. The van der Waals surface area contributed by atoms with E-state index in [9.17, 15) is 0 Å². The molecule has 1 heterocycles. The molecule has 0 spiro atoms. The quantitative estimate of drug-likeness (QED) is 0.573. The fourth-order valence-corrected chi connectivity index (χ4v) is 2.78. The van der Waals surface area contributed by atoms with Crippen LogP contribution in [0.2, 0.25) is 0 Å². The van der Waals surface area contributed by atoms with Gasteiger partial charge < -0.3 is 10.3 Å². The Morgan fingerprint density at radius 3 is 2.50 bits per heavy atom. The molecule has 0 unspecified atom stereocenters. The van der Waals surface area contributed by atoms with Gasteiger partial charge in [-0.25, -0.2) is 0 Å². The maximum Gasteiger partial charge on any atom is 0.176 e. The van der Waals surface area contributed by atoms with Gasteiger partial charge in [0, 0.05) is 13.6 Å². The molecule has 0 amide bonds. The lowest BCUT2D eigenvalue weighted by molar-refractivity contribution is 0.436. The molecule has 2 aromatic carbocycles. The van der Waals surface area contributed by atoms with E-state index in [2.05, 4.69) is 43.7 Å². The van der Waals surface area contributed by atoms with Gasteiger partial charge in [-0.05, 0) is 52.4 Å². The number of hydrogen-bond donors (Lipinski definition) is 1. The van der Waals surface area contributed by atoms with Crippen molar-refractivity contribution in [1.29, 1.82) is 0 Å². The summed E-state index contributed by atoms with van der Waals surface area (Å²) >= 11 is 5.74. The summed E-state index contributed by atoms with van der Waals surface area (Å²) in [6.45, 7) is 0. The Kier molecular flexibility index (Phi) is 3.80. The maximum atomic E-state index is 5.97. The predicted octanol–water partition coefficient (Wildman–Crippen LogP) is 4.96. The van der Waals surface area contributed by atoms with Crippen molar-refractivity contribution in [2.24, 2.45) is 0 Å². The lowest BCUT2D eigenvalue weighted by atomic mass is 10.0. The highest BCUT2D eigenvalue weighted by atomic mass is 127. The lowest BCUT2D eigenvalue weighted by Crippen LogP contribution is -1.89. The molecule has 0 atom stereocenters. The molecule has 0 saturated carbocycles. The van der Waals surface area contributed by atoms with Crippen molar-refractivity contribution in [2.45, 2.75) is 0 Å². The molecule has 1 aromatic heterocycles. The number of hydrogen-bond acceptors (Lipinski definition) is 3. The fraction of sp³-hybridized carbons (Fsp3) is 0. The number of nitrogens with zero attached hydrogens (tertiary/aromatic N) is 1. The third-order valence-corrected chi connectivity index (χ3v) is 4.15. The highest BCUT2D eigenvalue weighted by molar-refractivity contribution is 14.1. The molecule has 3 nitrogen and oxygen atoms in total. The Labute approximate surface area is 138 Å². The van der Waals surface area contributed by atoms with Crippen LogP contribution in [0, 0.1) is 3.57 Å². The van der Waals surface area contributed by atoms with Crippen LogP contribution in [0.1, 0.15) is 0 Å². The van der Waals surface area contributed by atoms with Gasteiger partial charge in [0.2, 0.25) is 0 Å². The summed E-state index contributed by atoms with van der Waals surface area (Å²) in [4.78, 5) is 0. The first-order chi connectivity index (χ1) is 9.65. The monoisotopic (exact) mass is 440 g/mol. The predicted molar refractivity (Wildman–Crippen MR) is 92.2 cm³/mol. The molecular weight excluding hydrogens is 431 g/mol. The van der Waals surface area contributed by atoms with Gasteiger partial charge in [-0.15, -0.1) is 0 Å². The molecule has 0 aliphatic carbocycles. The SMILES string of the molecule is Nc1noc(-c2ccc(I)cc2)c1-c1cccc(Br)c1. The summed E-state index contributed by atoms with van der Waals surface area (Å²) in [7, 11) is 0. The van der Waals surface area contributed by atoms with Crippen molar-refractivity contribution in [3.05, 3.63) is 56.6 Å². The standard InChI is InChI=1S/C15H10BrIN2O/c16-11-3-1-2-10(8-11)13-14(20-19-15(13)18)9-4-6-12(17)7-5-9/h1-8H,(H2,18,19). The van der Waals surface area contributed by atoms with E-state index in [1.54, 1.807) is 0 Å². The summed E-state index contributed by atoms with van der Waals surface area (Å²) in [5.41, 5.74) is 8.74. The Morgan fingerprint density at radius 1 is 1.05 bits per heavy atom. The van der Waals surface area contributed by atoms with Crippen molar-refractivity contribution < 1.29 is 4.52 Å². The number of nitrogens with two attached hydrogens (primary N) is 1. The zero-order valence-electron chi connectivity index (χ0n) is 10.3. The Hall–Kier alpha value is -1.34. The van der Waals surface area contributed by atoms with E-state index in [1.165, 1.54) is 3.57 Å². The van der Waals surface area contributed by atoms with Crippen molar-refractivity contribution >= 4 is 44.3 Å². The summed E-state index contributed by atoms with van der Waals surface area (Å²) < 4.78 is 7.58. The van der Waals surface area contributed by atoms with Gasteiger partial charge in [0.05, 0.1) is 5.56 Å². The molecule has 3 rings (SSSR count). The van der Waals surface area contributed by atoms with E-state index in [0.29, 0.717) is 11.6 Å². The van der Waals surface area contributed by atoms with E-state index >= 15 is 0 Å². The topological polar surface area (TPSA) is 52.0 Å². The smallest absolute Gasteiger partial charge is 0.176 e. The summed E-state index contributed by atoms with van der Waals surface area (Å²) in [6.07, 6.45) is 0. The van der Waals surface area contributed by atoms with Gasteiger partial charge in [-0.1, -0.05) is 45.4 Å². The molecular formula is C15H10BrIN2O. The molecule has 0 saturated heterocycles. The van der Waals surface area contributed by atoms with Crippen molar-refractivity contribution in [3.63, 3.8) is 0 Å². The maximum absolute atomic E-state index is 5.97. The summed E-state index contributed by atoms with van der Waals surface area (Å²) in [6, 6.07) is 16.0.